The maximum Gasteiger partial charge on any atom is 0.223 e. The van der Waals surface area contributed by atoms with E-state index in [1.807, 2.05) is 11.8 Å². The van der Waals surface area contributed by atoms with Crippen LogP contribution in [-0.4, -0.2) is 36.7 Å². The van der Waals surface area contributed by atoms with Gasteiger partial charge in [0.05, 0.1) is 5.60 Å². The Bertz CT molecular complexity index is 298. The van der Waals surface area contributed by atoms with E-state index >= 15 is 0 Å². The molecule has 0 aromatic rings. The van der Waals surface area contributed by atoms with E-state index in [9.17, 15) is 4.79 Å². The molecule has 2 unspecified atom stereocenters. The molecule has 1 aliphatic carbocycles. The minimum Gasteiger partial charge on any atom is -0.376 e. The van der Waals surface area contributed by atoms with Crippen molar-refractivity contribution in [3.8, 4) is 0 Å². The predicted molar refractivity (Wildman–Crippen MR) is 71.2 cm³/mol. The zero-order chi connectivity index (χ0) is 12.1. The second-order valence-corrected chi connectivity index (χ2v) is 5.99. The van der Waals surface area contributed by atoms with Crippen molar-refractivity contribution in [2.24, 2.45) is 5.92 Å². The van der Waals surface area contributed by atoms with Crippen LogP contribution in [0.25, 0.3) is 0 Å². The molecule has 1 N–H and O–H groups in total. The fourth-order valence-corrected chi connectivity index (χ4v) is 3.78. The summed E-state index contributed by atoms with van der Waals surface area (Å²) >= 11 is 1.91. The lowest BCUT2D eigenvalue weighted by atomic mass is 9.93. The van der Waals surface area contributed by atoms with Gasteiger partial charge < -0.3 is 10.1 Å². The molecule has 0 bridgehead atoms. The number of amides is 1. The number of thioether (sulfide) groups is 1. The molecule has 96 valence electrons. The van der Waals surface area contributed by atoms with Gasteiger partial charge >= 0.3 is 0 Å². The first-order valence-electron chi connectivity index (χ1n) is 6.31. The Balaban J connectivity index is 1.80. The van der Waals surface area contributed by atoms with E-state index in [1.54, 1.807) is 7.11 Å². The molecule has 0 spiro atoms. The third-order valence-corrected chi connectivity index (χ3v) is 4.95. The van der Waals surface area contributed by atoms with E-state index in [4.69, 9.17) is 4.74 Å². The van der Waals surface area contributed by atoms with Gasteiger partial charge in [-0.15, -0.1) is 0 Å². The number of hydrogen-bond acceptors (Lipinski definition) is 3. The predicted octanol–water partition coefficient (Wildman–Crippen LogP) is 1.98. The van der Waals surface area contributed by atoms with E-state index in [0.29, 0.717) is 6.54 Å². The Hall–Kier alpha value is -0.480. The van der Waals surface area contributed by atoms with Crippen LogP contribution in [0.5, 0.6) is 0 Å². The van der Waals surface area contributed by atoms with E-state index < -0.39 is 0 Å². The largest absolute Gasteiger partial charge is 0.376 e. The number of carbonyl (C=O) groups excluding carboxylic acids is 1. The highest BCUT2D eigenvalue weighted by molar-refractivity contribution is 7.99. The summed E-state index contributed by atoms with van der Waals surface area (Å²) in [5.41, 5.74) is -0.120. The maximum atomic E-state index is 12.0. The maximum absolute atomic E-state index is 12.0. The van der Waals surface area contributed by atoms with Crippen LogP contribution in [0, 0.1) is 5.92 Å². The Morgan fingerprint density at radius 1 is 1.59 bits per heavy atom. The molecular weight excluding hydrogens is 234 g/mol. The van der Waals surface area contributed by atoms with Crippen LogP contribution in [0.15, 0.2) is 12.2 Å². The van der Waals surface area contributed by atoms with Crippen molar-refractivity contribution in [2.75, 3.05) is 25.2 Å². The highest BCUT2D eigenvalue weighted by atomic mass is 32.2. The Morgan fingerprint density at radius 2 is 2.47 bits per heavy atom. The number of hydrogen-bond donors (Lipinski definition) is 1. The number of methoxy groups -OCH3 is 1. The van der Waals surface area contributed by atoms with Crippen molar-refractivity contribution in [1.29, 1.82) is 0 Å². The molecule has 17 heavy (non-hydrogen) atoms. The van der Waals surface area contributed by atoms with Crippen LogP contribution in [0.2, 0.25) is 0 Å². The zero-order valence-electron chi connectivity index (χ0n) is 10.4. The molecule has 1 saturated heterocycles. The summed E-state index contributed by atoms with van der Waals surface area (Å²) < 4.78 is 5.59. The van der Waals surface area contributed by atoms with Gasteiger partial charge in [-0.05, 0) is 31.4 Å². The summed E-state index contributed by atoms with van der Waals surface area (Å²) in [5.74, 6) is 2.50. The molecule has 1 aliphatic heterocycles. The second-order valence-electron chi connectivity index (χ2n) is 4.89. The number of ether oxygens (including phenoxy) is 1. The SMILES string of the molecule is COC1(CNC(=O)C2CC=CCC2)CCSC1. The smallest absolute Gasteiger partial charge is 0.223 e. The normalized spacial score (nSPS) is 32.6. The van der Waals surface area contributed by atoms with E-state index in [0.717, 1.165) is 37.2 Å². The number of allylic oxidation sites excluding steroid dienone is 2. The van der Waals surface area contributed by atoms with Gasteiger partial charge in [-0.25, -0.2) is 0 Å². The number of nitrogens with one attached hydrogen (secondary N) is 1. The molecule has 2 rings (SSSR count). The monoisotopic (exact) mass is 255 g/mol. The fraction of sp³-hybridized carbons (Fsp3) is 0.769. The average Bonchev–Trinajstić information content (AvgIpc) is 2.86. The van der Waals surface area contributed by atoms with Crippen molar-refractivity contribution in [3.05, 3.63) is 12.2 Å². The van der Waals surface area contributed by atoms with Gasteiger partial charge in [-0.1, -0.05) is 12.2 Å². The third kappa shape index (κ3) is 3.26. The Labute approximate surface area is 107 Å². The number of carbonyl (C=O) groups is 1. The van der Waals surface area contributed by atoms with Crippen molar-refractivity contribution in [3.63, 3.8) is 0 Å². The lowest BCUT2D eigenvalue weighted by Gasteiger charge is -2.28. The summed E-state index contributed by atoms with van der Waals surface area (Å²) in [4.78, 5) is 12.0. The van der Waals surface area contributed by atoms with Crippen molar-refractivity contribution in [1.82, 2.24) is 5.32 Å². The zero-order valence-corrected chi connectivity index (χ0v) is 11.2. The highest BCUT2D eigenvalue weighted by Crippen LogP contribution is 2.30. The molecule has 0 saturated carbocycles. The fourth-order valence-electron chi connectivity index (χ4n) is 2.39. The van der Waals surface area contributed by atoms with Gasteiger partial charge in [-0.2, -0.15) is 11.8 Å². The second kappa shape index (κ2) is 5.91. The molecule has 3 nitrogen and oxygen atoms in total. The van der Waals surface area contributed by atoms with E-state index in [-0.39, 0.29) is 17.4 Å². The van der Waals surface area contributed by atoms with Gasteiger partial charge in [0.1, 0.15) is 0 Å². The van der Waals surface area contributed by atoms with Gasteiger partial charge in [0, 0.05) is 25.3 Å². The quantitative estimate of drug-likeness (QED) is 0.781. The molecule has 2 atom stereocenters. The molecule has 4 heteroatoms. The van der Waals surface area contributed by atoms with Crippen LogP contribution in [-0.2, 0) is 9.53 Å². The van der Waals surface area contributed by atoms with Crippen LogP contribution >= 0.6 is 11.8 Å². The first-order valence-corrected chi connectivity index (χ1v) is 7.47. The summed E-state index contributed by atoms with van der Waals surface area (Å²) in [6.45, 7) is 0.662. The standard InChI is InChI=1S/C13H21NO2S/c1-16-13(7-8-17-10-13)9-14-12(15)11-5-3-2-4-6-11/h2-3,11H,4-10H2,1H3,(H,14,15). The molecule has 2 aliphatic rings. The molecular formula is C13H21NO2S. The summed E-state index contributed by atoms with van der Waals surface area (Å²) in [6, 6.07) is 0. The van der Waals surface area contributed by atoms with Gasteiger partial charge in [0.2, 0.25) is 5.91 Å². The lowest BCUT2D eigenvalue weighted by Crippen LogP contribution is -2.46. The van der Waals surface area contributed by atoms with Crippen molar-refractivity contribution in [2.45, 2.75) is 31.3 Å². The molecule has 1 fully saturated rings. The highest BCUT2D eigenvalue weighted by Gasteiger charge is 2.35. The number of rotatable bonds is 4. The molecule has 0 radical (unpaired) electrons. The molecule has 0 aromatic heterocycles. The minimum absolute atomic E-state index is 0.120. The van der Waals surface area contributed by atoms with Crippen molar-refractivity contribution >= 4 is 17.7 Å². The first-order chi connectivity index (χ1) is 8.26. The molecule has 0 aromatic carbocycles. The summed E-state index contributed by atoms with van der Waals surface area (Å²) in [6.07, 6.45) is 8.22. The first kappa shape index (κ1) is 13.0. The van der Waals surface area contributed by atoms with Crippen molar-refractivity contribution < 1.29 is 9.53 Å². The topological polar surface area (TPSA) is 38.3 Å². The van der Waals surface area contributed by atoms with E-state index in [2.05, 4.69) is 17.5 Å². The van der Waals surface area contributed by atoms with Crippen LogP contribution in [0.1, 0.15) is 25.7 Å². The minimum atomic E-state index is -0.120. The van der Waals surface area contributed by atoms with Gasteiger partial charge in [-0.3, -0.25) is 4.79 Å². The molecule has 1 amide bonds. The van der Waals surface area contributed by atoms with Gasteiger partial charge in [0.25, 0.3) is 0 Å². The summed E-state index contributed by atoms with van der Waals surface area (Å²) in [5, 5.41) is 3.07. The molecule has 1 heterocycles. The Kier molecular flexibility index (Phi) is 4.51. The van der Waals surface area contributed by atoms with Crippen LogP contribution in [0.3, 0.4) is 0 Å². The average molecular weight is 255 g/mol. The summed E-state index contributed by atoms with van der Waals surface area (Å²) in [7, 11) is 1.75. The third-order valence-electron chi connectivity index (χ3n) is 3.72. The van der Waals surface area contributed by atoms with Crippen LogP contribution < -0.4 is 5.32 Å². The van der Waals surface area contributed by atoms with Gasteiger partial charge in [0.15, 0.2) is 0 Å². The lowest BCUT2D eigenvalue weighted by molar-refractivity contribution is -0.126. The van der Waals surface area contributed by atoms with Crippen LogP contribution in [0.4, 0.5) is 0 Å². The Morgan fingerprint density at radius 3 is 3.06 bits per heavy atom. The van der Waals surface area contributed by atoms with E-state index in [1.165, 1.54) is 0 Å².